The number of fused-ring (bicyclic) bond motifs is 8. The third kappa shape index (κ3) is 1.48. The molecule has 3 heterocycles. The number of nitrogens with zero attached hydrogens (tertiary/aromatic N) is 2. The van der Waals surface area contributed by atoms with Crippen molar-refractivity contribution in [3.8, 4) is 22.9 Å². The van der Waals surface area contributed by atoms with E-state index in [2.05, 4.69) is 89.5 Å². The van der Waals surface area contributed by atoms with Crippen LogP contribution < -0.4 is 16.4 Å². The Bertz CT molecular complexity index is 1530. The molecule has 5 aromatic rings. The van der Waals surface area contributed by atoms with E-state index in [1.54, 1.807) is 0 Å². The van der Waals surface area contributed by atoms with Gasteiger partial charge in [0.1, 0.15) is 0 Å². The first-order valence-corrected chi connectivity index (χ1v) is 9.56. The van der Waals surface area contributed by atoms with Gasteiger partial charge in [0.05, 0.1) is 17.1 Å². The molecule has 28 heavy (non-hydrogen) atoms. The Morgan fingerprint density at radius 3 is 2.46 bits per heavy atom. The van der Waals surface area contributed by atoms with E-state index in [0.29, 0.717) is 0 Å². The number of hydrogen-bond donors (Lipinski definition) is 0. The Balaban J connectivity index is 1.79. The van der Waals surface area contributed by atoms with Crippen LogP contribution in [0.5, 0.6) is 0 Å². The van der Waals surface area contributed by atoms with Crippen molar-refractivity contribution in [1.82, 2.24) is 4.57 Å². The monoisotopic (exact) mass is 352 g/mol. The summed E-state index contributed by atoms with van der Waals surface area (Å²) in [5.74, 6) is 0. The lowest BCUT2D eigenvalue weighted by molar-refractivity contribution is 1.19. The fourth-order valence-electron chi connectivity index (χ4n) is 5.41. The smallest absolute Gasteiger partial charge is 0.248 e. The second kappa shape index (κ2) is 4.74. The van der Waals surface area contributed by atoms with Crippen LogP contribution in [0.15, 0.2) is 78.9 Å². The fourth-order valence-corrected chi connectivity index (χ4v) is 5.41. The quantitative estimate of drug-likeness (QED) is 0.384. The molecule has 0 atom stereocenters. The summed E-state index contributed by atoms with van der Waals surface area (Å²) in [6, 6.07) is 30.4. The van der Waals surface area contributed by atoms with Crippen LogP contribution in [-0.2, 0) is 0 Å². The van der Waals surface area contributed by atoms with Gasteiger partial charge in [0.2, 0.25) is 6.71 Å². The van der Waals surface area contributed by atoms with Gasteiger partial charge in [0, 0.05) is 22.0 Å². The minimum Gasteiger partial charge on any atom is -0.310 e. The summed E-state index contributed by atoms with van der Waals surface area (Å²) >= 11 is 0. The molecule has 2 aliphatic rings. The van der Waals surface area contributed by atoms with Gasteiger partial charge < -0.3 is 4.57 Å². The van der Waals surface area contributed by atoms with Gasteiger partial charge in [0.25, 0.3) is 0 Å². The van der Waals surface area contributed by atoms with Crippen LogP contribution >= 0.6 is 0 Å². The molecule has 0 aliphatic carbocycles. The molecular formula is C25H13BN2. The van der Waals surface area contributed by atoms with Gasteiger partial charge >= 0.3 is 0 Å². The first kappa shape index (κ1) is 14.3. The van der Waals surface area contributed by atoms with Crippen molar-refractivity contribution in [1.29, 1.82) is 5.26 Å². The highest BCUT2D eigenvalue weighted by Crippen LogP contribution is 2.37. The van der Waals surface area contributed by atoms with E-state index in [0.717, 1.165) is 11.3 Å². The first-order valence-electron chi connectivity index (χ1n) is 9.56. The van der Waals surface area contributed by atoms with E-state index >= 15 is 0 Å². The standard InChI is InChI=1S/C25H13BN2/c27-14-15-12-19-16-6-1-3-9-20(16)26-21-10-5-8-18-17-7-2-4-11-22(17)28(25(18)21)23(13-15)24(19)26/h1-13H. The Kier molecular flexibility index (Phi) is 2.42. The molecule has 4 aromatic carbocycles. The Morgan fingerprint density at radius 2 is 1.54 bits per heavy atom. The number of benzene rings is 4. The van der Waals surface area contributed by atoms with Crippen molar-refractivity contribution < 1.29 is 0 Å². The third-order valence-corrected chi connectivity index (χ3v) is 6.42. The predicted octanol–water partition coefficient (Wildman–Crippen LogP) is 3.47. The van der Waals surface area contributed by atoms with E-state index in [1.165, 1.54) is 49.3 Å². The van der Waals surface area contributed by atoms with E-state index < -0.39 is 0 Å². The Labute approximate surface area is 162 Å². The molecule has 126 valence electrons. The van der Waals surface area contributed by atoms with Crippen molar-refractivity contribution in [2.75, 3.05) is 0 Å². The highest BCUT2D eigenvalue weighted by atomic mass is 15.0. The summed E-state index contributed by atoms with van der Waals surface area (Å²) in [6.45, 7) is 0.231. The van der Waals surface area contributed by atoms with Crippen molar-refractivity contribution in [3.05, 3.63) is 84.4 Å². The molecule has 2 aliphatic heterocycles. The number of para-hydroxylation sites is 2. The van der Waals surface area contributed by atoms with E-state index in [4.69, 9.17) is 0 Å². The van der Waals surface area contributed by atoms with E-state index in [9.17, 15) is 5.26 Å². The maximum atomic E-state index is 9.71. The topological polar surface area (TPSA) is 28.7 Å². The molecule has 0 amide bonds. The lowest BCUT2D eigenvalue weighted by Gasteiger charge is -2.24. The SMILES string of the molecule is N#Cc1cc2c3c(c1)-n1c4ccccc4c4cccc(c41)B3c1ccccc1-2. The van der Waals surface area contributed by atoms with Crippen LogP contribution in [-0.4, -0.2) is 11.3 Å². The Morgan fingerprint density at radius 1 is 0.750 bits per heavy atom. The Hall–Kier alpha value is -3.77. The van der Waals surface area contributed by atoms with Crippen molar-refractivity contribution >= 4 is 44.9 Å². The number of aromatic nitrogens is 1. The van der Waals surface area contributed by atoms with Crippen LogP contribution in [0.3, 0.4) is 0 Å². The zero-order chi connectivity index (χ0) is 18.4. The average Bonchev–Trinajstić information content (AvgIpc) is 3.27. The average molecular weight is 352 g/mol. The molecule has 0 radical (unpaired) electrons. The third-order valence-electron chi connectivity index (χ3n) is 6.42. The van der Waals surface area contributed by atoms with Crippen LogP contribution in [0.25, 0.3) is 38.6 Å². The zero-order valence-electron chi connectivity index (χ0n) is 15.0. The van der Waals surface area contributed by atoms with Crippen LogP contribution in [0, 0.1) is 11.3 Å². The normalized spacial score (nSPS) is 12.9. The summed E-state index contributed by atoms with van der Waals surface area (Å²) in [6.07, 6.45) is 0. The van der Waals surface area contributed by atoms with Gasteiger partial charge in [0.15, 0.2) is 0 Å². The van der Waals surface area contributed by atoms with Crippen LogP contribution in [0.4, 0.5) is 0 Å². The highest BCUT2D eigenvalue weighted by molar-refractivity contribution is 7.01. The van der Waals surface area contributed by atoms with Crippen molar-refractivity contribution in [2.45, 2.75) is 0 Å². The maximum absolute atomic E-state index is 9.71. The van der Waals surface area contributed by atoms with Gasteiger partial charge in [-0.25, -0.2) is 0 Å². The molecule has 7 rings (SSSR count). The lowest BCUT2D eigenvalue weighted by Crippen LogP contribution is -2.53. The van der Waals surface area contributed by atoms with Gasteiger partial charge in [-0.2, -0.15) is 5.26 Å². The van der Waals surface area contributed by atoms with Gasteiger partial charge in [-0.3, -0.25) is 0 Å². The molecule has 2 nitrogen and oxygen atoms in total. The molecule has 0 saturated heterocycles. The van der Waals surface area contributed by atoms with Crippen molar-refractivity contribution in [2.24, 2.45) is 0 Å². The lowest BCUT2D eigenvalue weighted by atomic mass is 9.37. The molecule has 0 bridgehead atoms. The van der Waals surface area contributed by atoms with Gasteiger partial charge in [-0.05, 0) is 40.3 Å². The minimum absolute atomic E-state index is 0.231. The van der Waals surface area contributed by atoms with Crippen LogP contribution in [0.2, 0.25) is 0 Å². The molecular weight excluding hydrogens is 339 g/mol. The molecule has 1 aromatic heterocycles. The summed E-state index contributed by atoms with van der Waals surface area (Å²) in [5, 5.41) is 12.3. The van der Waals surface area contributed by atoms with E-state index in [1.807, 2.05) is 0 Å². The number of nitriles is 1. The summed E-state index contributed by atoms with van der Waals surface area (Å²) < 4.78 is 2.38. The fraction of sp³-hybridized carbons (Fsp3) is 0. The first-order chi connectivity index (χ1) is 13.9. The summed E-state index contributed by atoms with van der Waals surface area (Å²) in [5.41, 5.74) is 10.9. The zero-order valence-corrected chi connectivity index (χ0v) is 15.0. The molecule has 0 N–H and O–H groups in total. The summed E-state index contributed by atoms with van der Waals surface area (Å²) in [4.78, 5) is 0. The van der Waals surface area contributed by atoms with Gasteiger partial charge in [-0.15, -0.1) is 0 Å². The second-order valence-electron chi connectivity index (χ2n) is 7.68. The predicted molar refractivity (Wildman–Crippen MR) is 116 cm³/mol. The number of hydrogen-bond acceptors (Lipinski definition) is 1. The maximum Gasteiger partial charge on any atom is 0.248 e. The molecule has 0 saturated carbocycles. The minimum atomic E-state index is 0.231. The van der Waals surface area contributed by atoms with Crippen LogP contribution in [0.1, 0.15) is 5.56 Å². The van der Waals surface area contributed by atoms with Gasteiger partial charge in [-0.1, -0.05) is 66.1 Å². The number of rotatable bonds is 0. The largest absolute Gasteiger partial charge is 0.310 e. The molecule has 3 heteroatoms. The highest BCUT2D eigenvalue weighted by Gasteiger charge is 2.40. The molecule has 0 fully saturated rings. The molecule has 0 spiro atoms. The summed E-state index contributed by atoms with van der Waals surface area (Å²) in [7, 11) is 0. The van der Waals surface area contributed by atoms with Crippen molar-refractivity contribution in [3.63, 3.8) is 0 Å². The van der Waals surface area contributed by atoms with E-state index in [-0.39, 0.29) is 6.71 Å². The molecule has 0 unspecified atom stereocenters. The second-order valence-corrected chi connectivity index (χ2v) is 7.68.